The highest BCUT2D eigenvalue weighted by Gasteiger charge is 2.22. The van der Waals surface area contributed by atoms with E-state index in [2.05, 4.69) is 36.2 Å². The van der Waals surface area contributed by atoms with Gasteiger partial charge in [-0.1, -0.05) is 23.8 Å². The van der Waals surface area contributed by atoms with Gasteiger partial charge in [0.05, 0.1) is 6.54 Å². The number of nitrogens with one attached hydrogen (secondary N) is 1. The normalized spacial score (nSPS) is 13.9. The molecule has 0 radical (unpaired) electrons. The van der Waals surface area contributed by atoms with Crippen LogP contribution in [0.15, 0.2) is 48.5 Å². The van der Waals surface area contributed by atoms with Gasteiger partial charge in [-0.15, -0.1) is 0 Å². The number of hydrogen-bond acceptors (Lipinski definition) is 3. The Labute approximate surface area is 161 Å². The van der Waals surface area contributed by atoms with Gasteiger partial charge in [-0.05, 0) is 57.5 Å². The molecule has 2 amide bonds. The van der Waals surface area contributed by atoms with E-state index in [0.29, 0.717) is 12.1 Å². The number of carbonyl (C=O) groups is 2. The zero-order valence-corrected chi connectivity index (χ0v) is 16.2. The molecule has 0 atom stereocenters. The minimum atomic E-state index is -0.0748. The summed E-state index contributed by atoms with van der Waals surface area (Å²) < 4.78 is 0. The lowest BCUT2D eigenvalue weighted by Crippen LogP contribution is -2.38. The highest BCUT2D eigenvalue weighted by atomic mass is 16.2. The summed E-state index contributed by atoms with van der Waals surface area (Å²) in [6.07, 6.45) is 1.48. The van der Waals surface area contributed by atoms with Crippen LogP contribution in [0.3, 0.4) is 0 Å². The summed E-state index contributed by atoms with van der Waals surface area (Å²) in [4.78, 5) is 28.4. The molecule has 142 valence electrons. The van der Waals surface area contributed by atoms with Crippen molar-refractivity contribution in [2.75, 3.05) is 28.2 Å². The third-order valence-corrected chi connectivity index (χ3v) is 4.82. The molecule has 1 saturated heterocycles. The number of rotatable bonds is 6. The molecule has 1 N–H and O–H groups in total. The highest BCUT2D eigenvalue weighted by molar-refractivity contribution is 5.98. The Morgan fingerprint density at radius 3 is 2.56 bits per heavy atom. The molecule has 1 aliphatic heterocycles. The third kappa shape index (κ3) is 4.67. The van der Waals surface area contributed by atoms with Crippen LogP contribution in [0.2, 0.25) is 0 Å². The summed E-state index contributed by atoms with van der Waals surface area (Å²) in [7, 11) is 0. The van der Waals surface area contributed by atoms with Crippen LogP contribution >= 0.6 is 0 Å². The summed E-state index contributed by atoms with van der Waals surface area (Å²) in [6, 6.07) is 15.9. The zero-order chi connectivity index (χ0) is 19.4. The van der Waals surface area contributed by atoms with Crippen LogP contribution in [0.5, 0.6) is 0 Å². The van der Waals surface area contributed by atoms with Crippen molar-refractivity contribution >= 4 is 28.9 Å². The van der Waals surface area contributed by atoms with Crippen molar-refractivity contribution in [2.24, 2.45) is 0 Å². The largest absolute Gasteiger partial charge is 0.360 e. The van der Waals surface area contributed by atoms with Crippen molar-refractivity contribution in [3.63, 3.8) is 0 Å². The van der Waals surface area contributed by atoms with E-state index < -0.39 is 0 Å². The van der Waals surface area contributed by atoms with E-state index in [1.165, 1.54) is 5.56 Å². The first-order valence-corrected chi connectivity index (χ1v) is 9.47. The minimum absolute atomic E-state index is 0.0748. The Kier molecular flexibility index (Phi) is 5.79. The van der Waals surface area contributed by atoms with Crippen LogP contribution in [-0.2, 0) is 9.59 Å². The second kappa shape index (κ2) is 8.25. The van der Waals surface area contributed by atoms with Gasteiger partial charge >= 0.3 is 0 Å². The summed E-state index contributed by atoms with van der Waals surface area (Å²) in [5.74, 6) is 0.0676. The SMILES string of the molecule is Cc1ccc(N(CC(=O)Nc2cccc(N3CCCC3=O)c2)C(C)C)cc1. The molecule has 1 heterocycles. The quantitative estimate of drug-likeness (QED) is 0.843. The fourth-order valence-electron chi connectivity index (χ4n) is 3.34. The highest BCUT2D eigenvalue weighted by Crippen LogP contribution is 2.24. The number of benzene rings is 2. The molecule has 0 unspecified atom stereocenters. The number of anilines is 3. The predicted octanol–water partition coefficient (Wildman–Crippen LogP) is 3.98. The second-order valence-electron chi connectivity index (χ2n) is 7.30. The van der Waals surface area contributed by atoms with Gasteiger partial charge in [-0.2, -0.15) is 0 Å². The van der Waals surface area contributed by atoms with Crippen molar-refractivity contribution in [1.29, 1.82) is 0 Å². The molecule has 1 fully saturated rings. The van der Waals surface area contributed by atoms with Gasteiger partial charge in [0.1, 0.15) is 0 Å². The summed E-state index contributed by atoms with van der Waals surface area (Å²) in [5, 5.41) is 2.97. The van der Waals surface area contributed by atoms with Crippen molar-refractivity contribution < 1.29 is 9.59 Å². The average molecular weight is 365 g/mol. The molecule has 0 aliphatic carbocycles. The molecule has 0 spiro atoms. The number of carbonyl (C=O) groups excluding carboxylic acids is 2. The maximum absolute atomic E-state index is 12.6. The molecule has 2 aromatic rings. The topological polar surface area (TPSA) is 52.7 Å². The lowest BCUT2D eigenvalue weighted by atomic mass is 10.2. The van der Waals surface area contributed by atoms with E-state index in [9.17, 15) is 9.59 Å². The summed E-state index contributed by atoms with van der Waals surface area (Å²) in [6.45, 7) is 7.21. The Morgan fingerprint density at radius 1 is 1.19 bits per heavy atom. The molecule has 5 heteroatoms. The van der Waals surface area contributed by atoms with Gasteiger partial charge in [0.25, 0.3) is 0 Å². The van der Waals surface area contributed by atoms with Gasteiger partial charge in [-0.3, -0.25) is 9.59 Å². The molecule has 27 heavy (non-hydrogen) atoms. The van der Waals surface area contributed by atoms with E-state index in [0.717, 1.165) is 24.3 Å². The van der Waals surface area contributed by atoms with Gasteiger partial charge in [0, 0.05) is 36.1 Å². The van der Waals surface area contributed by atoms with Crippen molar-refractivity contribution in [3.05, 3.63) is 54.1 Å². The fourth-order valence-corrected chi connectivity index (χ4v) is 3.34. The van der Waals surface area contributed by atoms with Crippen LogP contribution in [0.4, 0.5) is 17.1 Å². The van der Waals surface area contributed by atoms with E-state index in [1.807, 2.05) is 43.3 Å². The maximum atomic E-state index is 12.6. The average Bonchev–Trinajstić information content (AvgIpc) is 3.06. The van der Waals surface area contributed by atoms with E-state index >= 15 is 0 Å². The standard InChI is InChI=1S/C22H27N3O2/c1-16(2)25(19-11-9-17(3)10-12-19)15-21(26)23-18-6-4-7-20(14-18)24-13-5-8-22(24)27/h4,6-7,9-12,14,16H,5,8,13,15H2,1-3H3,(H,23,26). The van der Waals surface area contributed by atoms with Crippen LogP contribution in [0.25, 0.3) is 0 Å². The number of nitrogens with zero attached hydrogens (tertiary/aromatic N) is 2. The second-order valence-corrected chi connectivity index (χ2v) is 7.30. The number of hydrogen-bond donors (Lipinski definition) is 1. The van der Waals surface area contributed by atoms with Crippen LogP contribution in [-0.4, -0.2) is 30.9 Å². The maximum Gasteiger partial charge on any atom is 0.243 e. The monoisotopic (exact) mass is 365 g/mol. The van der Waals surface area contributed by atoms with Crippen molar-refractivity contribution in [1.82, 2.24) is 0 Å². The molecular formula is C22H27N3O2. The third-order valence-electron chi connectivity index (χ3n) is 4.82. The summed E-state index contributed by atoms with van der Waals surface area (Å²) >= 11 is 0. The molecule has 5 nitrogen and oxygen atoms in total. The van der Waals surface area contributed by atoms with Gasteiger partial charge in [0.15, 0.2) is 0 Å². The molecule has 0 bridgehead atoms. The van der Waals surface area contributed by atoms with Crippen LogP contribution in [0, 0.1) is 6.92 Å². The van der Waals surface area contributed by atoms with Crippen molar-refractivity contribution in [2.45, 2.75) is 39.7 Å². The molecular weight excluding hydrogens is 338 g/mol. The van der Waals surface area contributed by atoms with Crippen LogP contribution < -0.4 is 15.1 Å². The fraction of sp³-hybridized carbons (Fsp3) is 0.364. The minimum Gasteiger partial charge on any atom is -0.360 e. The molecule has 2 aromatic carbocycles. The van der Waals surface area contributed by atoms with E-state index in [4.69, 9.17) is 0 Å². The van der Waals surface area contributed by atoms with Gasteiger partial charge < -0.3 is 15.1 Å². The molecule has 0 saturated carbocycles. The van der Waals surface area contributed by atoms with Gasteiger partial charge in [0.2, 0.25) is 11.8 Å². The smallest absolute Gasteiger partial charge is 0.243 e. The number of amides is 2. The first-order valence-electron chi connectivity index (χ1n) is 9.47. The lowest BCUT2D eigenvalue weighted by Gasteiger charge is -2.28. The Bertz CT molecular complexity index is 815. The molecule has 0 aromatic heterocycles. The molecule has 1 aliphatic rings. The van der Waals surface area contributed by atoms with Crippen molar-refractivity contribution in [3.8, 4) is 0 Å². The van der Waals surface area contributed by atoms with Gasteiger partial charge in [-0.25, -0.2) is 0 Å². The first kappa shape index (κ1) is 19.0. The first-order chi connectivity index (χ1) is 12.9. The zero-order valence-electron chi connectivity index (χ0n) is 16.2. The van der Waals surface area contributed by atoms with E-state index in [-0.39, 0.29) is 24.4 Å². The predicted molar refractivity (Wildman–Crippen MR) is 110 cm³/mol. The summed E-state index contributed by atoms with van der Waals surface area (Å²) in [5.41, 5.74) is 3.78. The Balaban J connectivity index is 1.69. The van der Waals surface area contributed by atoms with Crippen LogP contribution in [0.1, 0.15) is 32.3 Å². The molecule has 3 rings (SSSR count). The Hall–Kier alpha value is -2.82. The number of aryl methyl sites for hydroxylation is 1. The van der Waals surface area contributed by atoms with E-state index in [1.54, 1.807) is 4.90 Å². The Morgan fingerprint density at radius 2 is 1.93 bits per heavy atom. The lowest BCUT2D eigenvalue weighted by molar-refractivity contribution is -0.117.